The first-order valence-corrected chi connectivity index (χ1v) is 7.69. The maximum absolute atomic E-state index is 12.3. The summed E-state index contributed by atoms with van der Waals surface area (Å²) in [5.41, 5.74) is 0. The molecule has 1 aliphatic carbocycles. The van der Waals surface area contributed by atoms with E-state index in [1.54, 1.807) is 0 Å². The van der Waals surface area contributed by atoms with E-state index in [2.05, 4.69) is 0 Å². The number of hydrogen-bond acceptors (Lipinski definition) is 3. The third-order valence-electron chi connectivity index (χ3n) is 6.02. The minimum Gasteiger partial charge on any atom is -0.634 e. The molecule has 4 aliphatic rings. The van der Waals surface area contributed by atoms with Crippen molar-refractivity contribution in [2.75, 3.05) is 6.54 Å². The Morgan fingerprint density at radius 2 is 2.05 bits per heavy atom. The molecule has 19 heavy (non-hydrogen) atoms. The summed E-state index contributed by atoms with van der Waals surface area (Å²) < 4.78 is 0. The van der Waals surface area contributed by atoms with Gasteiger partial charge in [-0.2, -0.15) is 0 Å². The molecule has 1 amide bonds. The van der Waals surface area contributed by atoms with Crippen LogP contribution in [-0.4, -0.2) is 46.7 Å². The van der Waals surface area contributed by atoms with Gasteiger partial charge in [0.1, 0.15) is 6.04 Å². The number of nitrogens with zero attached hydrogens (tertiary/aromatic N) is 1. The summed E-state index contributed by atoms with van der Waals surface area (Å²) in [6.07, 6.45) is 4.61. The van der Waals surface area contributed by atoms with E-state index in [1.807, 2.05) is 4.90 Å². The average molecular weight is 266 g/mol. The zero-order valence-corrected chi connectivity index (χ0v) is 11.1. The Morgan fingerprint density at radius 1 is 1.21 bits per heavy atom. The van der Waals surface area contributed by atoms with E-state index in [0.29, 0.717) is 29.9 Å². The standard InChI is InChI=1S/C14H22N2O3/c17-8-1-2-9-10-5-6-15(19)11-3-4-13(18)16(14(10)11)12(9)7-8/h8-12,14-15,17H,1-7H2. The Kier molecular flexibility index (Phi) is 2.66. The number of amides is 1. The fourth-order valence-electron chi connectivity index (χ4n) is 5.30. The smallest absolute Gasteiger partial charge is 0.223 e. The number of quaternary nitrogens is 1. The molecule has 5 nitrogen and oxygen atoms in total. The van der Waals surface area contributed by atoms with Crippen molar-refractivity contribution in [3.05, 3.63) is 5.21 Å². The van der Waals surface area contributed by atoms with E-state index in [9.17, 15) is 15.1 Å². The maximum atomic E-state index is 12.3. The number of rotatable bonds is 0. The molecule has 7 atom stereocenters. The van der Waals surface area contributed by atoms with E-state index in [0.717, 1.165) is 32.1 Å². The summed E-state index contributed by atoms with van der Waals surface area (Å²) in [4.78, 5) is 14.3. The molecule has 2 N–H and O–H groups in total. The molecule has 0 aromatic carbocycles. The predicted molar refractivity (Wildman–Crippen MR) is 68.1 cm³/mol. The van der Waals surface area contributed by atoms with Crippen LogP contribution in [0.4, 0.5) is 0 Å². The van der Waals surface area contributed by atoms with Crippen molar-refractivity contribution < 1.29 is 15.0 Å². The first-order valence-electron chi connectivity index (χ1n) is 7.69. The molecule has 1 saturated carbocycles. The lowest BCUT2D eigenvalue weighted by molar-refractivity contribution is -0.886. The highest BCUT2D eigenvalue weighted by molar-refractivity contribution is 5.78. The Bertz CT molecular complexity index is 402. The SMILES string of the molecule is O=C1CCC2C3C(CC[NH+]2[O-])C2CCC(O)CC2N13. The number of nitrogens with one attached hydrogen (secondary N) is 1. The largest absolute Gasteiger partial charge is 0.634 e. The van der Waals surface area contributed by atoms with E-state index in [4.69, 9.17) is 0 Å². The first kappa shape index (κ1) is 12.1. The molecule has 7 unspecified atom stereocenters. The lowest BCUT2D eigenvalue weighted by Crippen LogP contribution is -3.15. The third-order valence-corrected chi connectivity index (χ3v) is 6.02. The number of hydrogen-bond donors (Lipinski definition) is 2. The van der Waals surface area contributed by atoms with E-state index < -0.39 is 0 Å². The van der Waals surface area contributed by atoms with Gasteiger partial charge in [0.15, 0.2) is 0 Å². The molecule has 3 saturated heterocycles. The molecule has 5 heteroatoms. The van der Waals surface area contributed by atoms with Gasteiger partial charge in [0.25, 0.3) is 0 Å². The number of aliphatic hydroxyl groups excluding tert-OH is 1. The molecule has 4 rings (SSSR count). The first-order chi connectivity index (χ1) is 9.16. The monoisotopic (exact) mass is 266 g/mol. The van der Waals surface area contributed by atoms with Crippen LogP contribution in [0.1, 0.15) is 38.5 Å². The van der Waals surface area contributed by atoms with Crippen LogP contribution in [0.25, 0.3) is 0 Å². The maximum Gasteiger partial charge on any atom is 0.223 e. The molecule has 3 heterocycles. The second-order valence-corrected chi connectivity index (χ2v) is 6.80. The molecule has 0 radical (unpaired) electrons. The van der Waals surface area contributed by atoms with Crippen molar-refractivity contribution in [1.82, 2.24) is 4.90 Å². The summed E-state index contributed by atoms with van der Waals surface area (Å²) in [5, 5.41) is 22.4. The lowest BCUT2D eigenvalue weighted by atomic mass is 9.73. The fraction of sp³-hybridized carbons (Fsp3) is 0.929. The zero-order chi connectivity index (χ0) is 13.1. The van der Waals surface area contributed by atoms with Gasteiger partial charge in [0, 0.05) is 25.3 Å². The fourth-order valence-corrected chi connectivity index (χ4v) is 5.30. The van der Waals surface area contributed by atoms with Crippen molar-refractivity contribution in [3.63, 3.8) is 0 Å². The topological polar surface area (TPSA) is 68.0 Å². The molecule has 106 valence electrons. The van der Waals surface area contributed by atoms with Crippen LogP contribution in [-0.2, 0) is 4.79 Å². The summed E-state index contributed by atoms with van der Waals surface area (Å²) in [7, 11) is 0. The minimum atomic E-state index is -0.259. The Labute approximate surface area is 113 Å². The molecular formula is C14H22N2O3. The minimum absolute atomic E-state index is 0.0965. The summed E-state index contributed by atoms with van der Waals surface area (Å²) >= 11 is 0. The Balaban J connectivity index is 1.71. The van der Waals surface area contributed by atoms with Gasteiger partial charge in [-0.05, 0) is 31.1 Å². The molecular weight excluding hydrogens is 244 g/mol. The summed E-state index contributed by atoms with van der Waals surface area (Å²) in [6.45, 7) is 0.708. The zero-order valence-electron chi connectivity index (χ0n) is 11.1. The van der Waals surface area contributed by atoms with Gasteiger partial charge in [0.05, 0.1) is 18.7 Å². The summed E-state index contributed by atoms with van der Waals surface area (Å²) in [5.74, 6) is 1.28. The van der Waals surface area contributed by atoms with Crippen LogP contribution >= 0.6 is 0 Å². The van der Waals surface area contributed by atoms with E-state index in [1.165, 1.54) is 0 Å². The highest BCUT2D eigenvalue weighted by Gasteiger charge is 2.59. The van der Waals surface area contributed by atoms with Crippen molar-refractivity contribution in [3.8, 4) is 0 Å². The lowest BCUT2D eigenvalue weighted by Gasteiger charge is -2.48. The number of aliphatic hydroxyl groups is 1. The van der Waals surface area contributed by atoms with E-state index in [-0.39, 0.29) is 30.1 Å². The Hall–Kier alpha value is -0.650. The molecule has 4 fully saturated rings. The second-order valence-electron chi connectivity index (χ2n) is 6.80. The third kappa shape index (κ3) is 1.61. The van der Waals surface area contributed by atoms with Crippen molar-refractivity contribution in [1.29, 1.82) is 0 Å². The van der Waals surface area contributed by atoms with Crippen LogP contribution in [0.15, 0.2) is 0 Å². The van der Waals surface area contributed by atoms with Gasteiger partial charge in [-0.15, -0.1) is 0 Å². The highest BCUT2D eigenvalue weighted by Crippen LogP contribution is 2.48. The van der Waals surface area contributed by atoms with E-state index >= 15 is 0 Å². The van der Waals surface area contributed by atoms with Gasteiger partial charge in [0.2, 0.25) is 5.91 Å². The van der Waals surface area contributed by atoms with Crippen molar-refractivity contribution in [2.24, 2.45) is 11.8 Å². The van der Waals surface area contributed by atoms with Crippen molar-refractivity contribution >= 4 is 5.91 Å². The normalized spacial score (nSPS) is 52.8. The molecule has 3 aliphatic heterocycles. The number of hydroxylamine groups is 2. The molecule has 0 spiro atoms. The number of carbonyl (C=O) groups excluding carboxylic acids is 1. The van der Waals surface area contributed by atoms with Gasteiger partial charge >= 0.3 is 0 Å². The molecule has 0 aromatic heterocycles. The van der Waals surface area contributed by atoms with Gasteiger partial charge in [-0.1, -0.05) is 0 Å². The molecule has 0 aromatic rings. The van der Waals surface area contributed by atoms with Crippen LogP contribution in [0.3, 0.4) is 0 Å². The van der Waals surface area contributed by atoms with Gasteiger partial charge < -0.3 is 20.3 Å². The van der Waals surface area contributed by atoms with Gasteiger partial charge in [-0.3, -0.25) is 4.79 Å². The number of carbonyl (C=O) groups is 1. The Morgan fingerprint density at radius 3 is 2.89 bits per heavy atom. The number of piperidine rings is 2. The van der Waals surface area contributed by atoms with Crippen LogP contribution in [0.2, 0.25) is 0 Å². The predicted octanol–water partition coefficient (Wildman–Crippen LogP) is -0.708. The number of fused-ring (bicyclic) bond motifs is 3. The quantitative estimate of drug-likeness (QED) is 0.569. The average Bonchev–Trinajstić information content (AvgIpc) is 2.71. The van der Waals surface area contributed by atoms with Crippen LogP contribution in [0.5, 0.6) is 0 Å². The van der Waals surface area contributed by atoms with Crippen molar-refractivity contribution in [2.45, 2.75) is 62.8 Å². The molecule has 0 bridgehead atoms. The highest BCUT2D eigenvalue weighted by atomic mass is 16.5. The summed E-state index contributed by atoms with van der Waals surface area (Å²) in [6, 6.07) is 0.474. The van der Waals surface area contributed by atoms with Crippen LogP contribution in [0, 0.1) is 17.0 Å². The van der Waals surface area contributed by atoms with Gasteiger partial charge in [-0.25, -0.2) is 0 Å². The van der Waals surface area contributed by atoms with Crippen LogP contribution < -0.4 is 5.06 Å². The second kappa shape index (κ2) is 4.17.